The third kappa shape index (κ3) is 3.04. The van der Waals surface area contributed by atoms with Crippen molar-refractivity contribution < 1.29 is 9.53 Å². The summed E-state index contributed by atoms with van der Waals surface area (Å²) >= 11 is 0. The molecule has 0 saturated heterocycles. The fourth-order valence-corrected chi connectivity index (χ4v) is 2.78. The van der Waals surface area contributed by atoms with Gasteiger partial charge in [-0.2, -0.15) is 0 Å². The number of aromatic nitrogens is 2. The molecule has 5 nitrogen and oxygen atoms in total. The average molecular weight is 299 g/mol. The zero-order valence-electron chi connectivity index (χ0n) is 13.0. The Morgan fingerprint density at radius 3 is 3.14 bits per heavy atom. The number of imidazole rings is 1. The van der Waals surface area contributed by atoms with Crippen LogP contribution < -0.4 is 5.32 Å². The van der Waals surface area contributed by atoms with E-state index >= 15 is 0 Å². The van der Waals surface area contributed by atoms with Crippen molar-refractivity contribution in [2.45, 2.75) is 33.4 Å². The van der Waals surface area contributed by atoms with Gasteiger partial charge in [0, 0.05) is 24.5 Å². The molecule has 1 aromatic carbocycles. The fourth-order valence-electron chi connectivity index (χ4n) is 2.78. The molecule has 0 atom stereocenters. The summed E-state index contributed by atoms with van der Waals surface area (Å²) in [6.45, 7) is 6.35. The van der Waals surface area contributed by atoms with Gasteiger partial charge in [0.15, 0.2) is 0 Å². The number of anilines is 1. The normalized spacial score (nSPS) is 14.0. The number of hydrogen-bond donors (Lipinski definition) is 1. The molecule has 0 unspecified atom stereocenters. The second-order valence-corrected chi connectivity index (χ2v) is 6.00. The SMILES string of the molecule is CC(C)Cn1ccnc1NC(=O)c1cccc2c1CCOC2. The number of carbonyl (C=O) groups is 1. The summed E-state index contributed by atoms with van der Waals surface area (Å²) in [5, 5.41) is 2.93. The predicted molar refractivity (Wildman–Crippen MR) is 84.8 cm³/mol. The van der Waals surface area contributed by atoms with Gasteiger partial charge >= 0.3 is 0 Å². The largest absolute Gasteiger partial charge is 0.376 e. The topological polar surface area (TPSA) is 56.2 Å². The quantitative estimate of drug-likeness (QED) is 0.944. The Balaban J connectivity index is 1.82. The first-order chi connectivity index (χ1) is 10.6. The zero-order chi connectivity index (χ0) is 15.5. The molecular formula is C17H21N3O2. The highest BCUT2D eigenvalue weighted by Crippen LogP contribution is 2.22. The highest BCUT2D eigenvalue weighted by Gasteiger charge is 2.19. The first-order valence-corrected chi connectivity index (χ1v) is 7.66. The van der Waals surface area contributed by atoms with Crippen molar-refractivity contribution in [2.75, 3.05) is 11.9 Å². The zero-order valence-corrected chi connectivity index (χ0v) is 13.0. The summed E-state index contributed by atoms with van der Waals surface area (Å²) in [5.41, 5.74) is 2.91. The van der Waals surface area contributed by atoms with Gasteiger partial charge in [0.2, 0.25) is 5.95 Å². The van der Waals surface area contributed by atoms with E-state index in [1.807, 2.05) is 29.0 Å². The van der Waals surface area contributed by atoms with E-state index in [0.717, 1.165) is 29.7 Å². The van der Waals surface area contributed by atoms with Gasteiger partial charge < -0.3 is 9.30 Å². The van der Waals surface area contributed by atoms with Gasteiger partial charge in [-0.1, -0.05) is 26.0 Å². The molecule has 1 aliphatic rings. The molecule has 1 amide bonds. The van der Waals surface area contributed by atoms with Crippen LogP contribution in [0.2, 0.25) is 0 Å². The number of ether oxygens (including phenoxy) is 1. The summed E-state index contributed by atoms with van der Waals surface area (Å²) in [7, 11) is 0. The molecular weight excluding hydrogens is 278 g/mol. The third-order valence-corrected chi connectivity index (χ3v) is 3.77. The van der Waals surface area contributed by atoms with E-state index < -0.39 is 0 Å². The van der Waals surface area contributed by atoms with E-state index in [1.54, 1.807) is 6.20 Å². The van der Waals surface area contributed by atoms with Gasteiger partial charge in [0.25, 0.3) is 5.91 Å². The second kappa shape index (κ2) is 6.32. The van der Waals surface area contributed by atoms with Crippen molar-refractivity contribution in [3.8, 4) is 0 Å². The lowest BCUT2D eigenvalue weighted by Gasteiger charge is -2.19. The molecule has 2 aromatic rings. The third-order valence-electron chi connectivity index (χ3n) is 3.77. The Bertz CT molecular complexity index is 676. The smallest absolute Gasteiger partial charge is 0.258 e. The monoisotopic (exact) mass is 299 g/mol. The van der Waals surface area contributed by atoms with E-state index in [4.69, 9.17) is 4.74 Å². The lowest BCUT2D eigenvalue weighted by Crippen LogP contribution is -2.21. The molecule has 0 bridgehead atoms. The molecule has 0 aliphatic carbocycles. The molecule has 3 rings (SSSR count). The molecule has 0 radical (unpaired) electrons. The fraction of sp³-hybridized carbons (Fsp3) is 0.412. The molecule has 0 spiro atoms. The highest BCUT2D eigenvalue weighted by molar-refractivity contribution is 6.04. The minimum absolute atomic E-state index is 0.102. The predicted octanol–water partition coefficient (Wildman–Crippen LogP) is 2.86. The first-order valence-electron chi connectivity index (χ1n) is 7.66. The van der Waals surface area contributed by atoms with Gasteiger partial charge in [0.05, 0.1) is 13.2 Å². The van der Waals surface area contributed by atoms with E-state index in [9.17, 15) is 4.79 Å². The van der Waals surface area contributed by atoms with Crippen LogP contribution in [0.1, 0.15) is 35.3 Å². The molecule has 1 aromatic heterocycles. The average Bonchev–Trinajstić information content (AvgIpc) is 2.93. The van der Waals surface area contributed by atoms with Crippen LogP contribution in [0.5, 0.6) is 0 Å². The van der Waals surface area contributed by atoms with Gasteiger partial charge in [-0.25, -0.2) is 4.98 Å². The van der Waals surface area contributed by atoms with Gasteiger partial charge in [-0.3, -0.25) is 10.1 Å². The number of fused-ring (bicyclic) bond motifs is 1. The molecule has 0 saturated carbocycles. The van der Waals surface area contributed by atoms with Crippen molar-refractivity contribution in [1.82, 2.24) is 9.55 Å². The number of carbonyl (C=O) groups excluding carboxylic acids is 1. The molecule has 1 aliphatic heterocycles. The second-order valence-electron chi connectivity index (χ2n) is 6.00. The van der Waals surface area contributed by atoms with Crippen molar-refractivity contribution >= 4 is 11.9 Å². The summed E-state index contributed by atoms with van der Waals surface area (Å²) in [4.78, 5) is 16.9. The maximum atomic E-state index is 12.6. The lowest BCUT2D eigenvalue weighted by molar-refractivity contribution is 0.100. The number of hydrogen-bond acceptors (Lipinski definition) is 3. The van der Waals surface area contributed by atoms with Crippen LogP contribution in [0, 0.1) is 5.92 Å². The Morgan fingerprint density at radius 1 is 1.45 bits per heavy atom. The molecule has 2 heterocycles. The van der Waals surface area contributed by atoms with Crippen LogP contribution in [0.4, 0.5) is 5.95 Å². The van der Waals surface area contributed by atoms with Gasteiger partial charge in [0.1, 0.15) is 0 Å². The first kappa shape index (κ1) is 14.8. The van der Waals surface area contributed by atoms with E-state index in [2.05, 4.69) is 24.1 Å². The van der Waals surface area contributed by atoms with E-state index in [1.165, 1.54) is 0 Å². The molecule has 5 heteroatoms. The number of rotatable bonds is 4. The van der Waals surface area contributed by atoms with Crippen LogP contribution in [-0.4, -0.2) is 22.1 Å². The Morgan fingerprint density at radius 2 is 2.32 bits per heavy atom. The Kier molecular flexibility index (Phi) is 4.24. The van der Waals surface area contributed by atoms with Gasteiger partial charge in [-0.05, 0) is 29.5 Å². The van der Waals surface area contributed by atoms with Crippen LogP contribution in [-0.2, 0) is 24.3 Å². The molecule has 1 N–H and O–H groups in total. The van der Waals surface area contributed by atoms with Crippen LogP contribution >= 0.6 is 0 Å². The molecule has 22 heavy (non-hydrogen) atoms. The minimum Gasteiger partial charge on any atom is -0.376 e. The lowest BCUT2D eigenvalue weighted by atomic mass is 9.97. The van der Waals surface area contributed by atoms with E-state index in [-0.39, 0.29) is 5.91 Å². The van der Waals surface area contributed by atoms with E-state index in [0.29, 0.717) is 25.1 Å². The van der Waals surface area contributed by atoms with Crippen molar-refractivity contribution in [3.63, 3.8) is 0 Å². The number of amides is 1. The van der Waals surface area contributed by atoms with Crippen LogP contribution in [0.3, 0.4) is 0 Å². The van der Waals surface area contributed by atoms with Crippen molar-refractivity contribution in [2.24, 2.45) is 5.92 Å². The van der Waals surface area contributed by atoms with Crippen LogP contribution in [0.25, 0.3) is 0 Å². The standard InChI is InChI=1S/C17H21N3O2/c1-12(2)10-20-8-7-18-17(20)19-16(21)15-5-3-4-13-11-22-9-6-14(13)15/h3-5,7-8,12H,6,9-11H2,1-2H3,(H,18,19,21). The number of benzene rings is 1. The maximum absolute atomic E-state index is 12.6. The molecule has 0 fully saturated rings. The Hall–Kier alpha value is -2.14. The summed E-state index contributed by atoms with van der Waals surface area (Å²) in [5.74, 6) is 0.991. The number of nitrogens with one attached hydrogen (secondary N) is 1. The minimum atomic E-state index is -0.102. The summed E-state index contributed by atoms with van der Waals surface area (Å²) < 4.78 is 7.42. The molecule has 116 valence electrons. The van der Waals surface area contributed by atoms with Crippen LogP contribution in [0.15, 0.2) is 30.6 Å². The van der Waals surface area contributed by atoms with Gasteiger partial charge in [-0.15, -0.1) is 0 Å². The summed E-state index contributed by atoms with van der Waals surface area (Å²) in [6, 6.07) is 5.79. The van der Waals surface area contributed by atoms with Crippen molar-refractivity contribution in [3.05, 3.63) is 47.3 Å². The number of nitrogens with zero attached hydrogens (tertiary/aromatic N) is 2. The van der Waals surface area contributed by atoms with Crippen molar-refractivity contribution in [1.29, 1.82) is 0 Å². The summed E-state index contributed by atoms with van der Waals surface area (Å²) in [6.07, 6.45) is 4.38. The maximum Gasteiger partial charge on any atom is 0.258 e. The highest BCUT2D eigenvalue weighted by atomic mass is 16.5. The Labute approximate surface area is 130 Å².